The highest BCUT2D eigenvalue weighted by atomic mass is 35.5. The van der Waals surface area contributed by atoms with E-state index >= 15 is 0 Å². The molecule has 0 aliphatic carbocycles. The zero-order valence-corrected chi connectivity index (χ0v) is 12.0. The van der Waals surface area contributed by atoms with Crippen LogP contribution in [0, 0.1) is 0 Å². The van der Waals surface area contributed by atoms with Gasteiger partial charge in [-0.05, 0) is 25.1 Å². The van der Waals surface area contributed by atoms with Gasteiger partial charge in [-0.3, -0.25) is 4.79 Å². The van der Waals surface area contributed by atoms with Gasteiger partial charge in [0.1, 0.15) is 11.4 Å². The summed E-state index contributed by atoms with van der Waals surface area (Å²) in [5.41, 5.74) is -0.967. The van der Waals surface area contributed by atoms with Gasteiger partial charge in [0.2, 0.25) is 0 Å². The zero-order chi connectivity index (χ0) is 14.6. The minimum Gasteiger partial charge on any atom is -0.481 e. The first-order valence-corrected chi connectivity index (χ1v) is 6.86. The van der Waals surface area contributed by atoms with Crippen LogP contribution in [-0.2, 0) is 9.53 Å². The Balaban J connectivity index is 1.83. The fourth-order valence-corrected chi connectivity index (χ4v) is 2.11. The van der Waals surface area contributed by atoms with Crippen molar-refractivity contribution in [2.24, 2.45) is 0 Å². The zero-order valence-electron chi connectivity index (χ0n) is 11.3. The minimum atomic E-state index is -0.967. The first-order chi connectivity index (χ1) is 9.48. The maximum absolute atomic E-state index is 11.9. The molecule has 1 fully saturated rings. The lowest BCUT2D eigenvalue weighted by molar-refractivity contribution is -0.128. The average Bonchev–Trinajstić information content (AvgIpc) is 2.83. The molecule has 1 saturated heterocycles. The predicted molar refractivity (Wildman–Crippen MR) is 74.9 cm³/mol. The second kappa shape index (κ2) is 6.43. The van der Waals surface area contributed by atoms with Crippen LogP contribution in [-0.4, -0.2) is 42.5 Å². The third-order valence-electron chi connectivity index (χ3n) is 3.15. The molecule has 1 aliphatic heterocycles. The van der Waals surface area contributed by atoms with E-state index in [1.807, 2.05) is 0 Å². The van der Waals surface area contributed by atoms with Gasteiger partial charge in [0, 0.05) is 24.6 Å². The SMILES string of the molecule is CC(Oc1cccc(Cl)c1)C(=O)NCC1(O)CCOC1. The summed E-state index contributed by atoms with van der Waals surface area (Å²) in [6, 6.07) is 6.85. The Morgan fingerprint density at radius 3 is 3.10 bits per heavy atom. The Kier molecular flexibility index (Phi) is 4.86. The van der Waals surface area contributed by atoms with Gasteiger partial charge in [0.05, 0.1) is 6.61 Å². The summed E-state index contributed by atoms with van der Waals surface area (Å²) >= 11 is 5.85. The maximum atomic E-state index is 11.9. The number of hydrogen-bond donors (Lipinski definition) is 2. The number of carbonyl (C=O) groups is 1. The quantitative estimate of drug-likeness (QED) is 0.862. The molecule has 0 saturated carbocycles. The first-order valence-electron chi connectivity index (χ1n) is 6.49. The van der Waals surface area contributed by atoms with Crippen LogP contribution in [0.15, 0.2) is 24.3 Å². The monoisotopic (exact) mass is 299 g/mol. The molecule has 2 atom stereocenters. The van der Waals surface area contributed by atoms with Gasteiger partial charge < -0.3 is 19.9 Å². The summed E-state index contributed by atoms with van der Waals surface area (Å²) in [6.07, 6.45) is -0.143. The van der Waals surface area contributed by atoms with Crippen molar-refractivity contribution in [1.82, 2.24) is 5.32 Å². The van der Waals surface area contributed by atoms with Crippen LogP contribution >= 0.6 is 11.6 Å². The average molecular weight is 300 g/mol. The van der Waals surface area contributed by atoms with Crippen LogP contribution in [0.25, 0.3) is 0 Å². The third-order valence-corrected chi connectivity index (χ3v) is 3.39. The molecule has 0 bridgehead atoms. The van der Waals surface area contributed by atoms with Gasteiger partial charge in [-0.25, -0.2) is 0 Å². The van der Waals surface area contributed by atoms with Crippen molar-refractivity contribution >= 4 is 17.5 Å². The van der Waals surface area contributed by atoms with Crippen molar-refractivity contribution in [3.8, 4) is 5.75 Å². The minimum absolute atomic E-state index is 0.162. The summed E-state index contributed by atoms with van der Waals surface area (Å²) in [7, 11) is 0. The Bertz CT molecular complexity index is 474. The number of nitrogens with one attached hydrogen (secondary N) is 1. The summed E-state index contributed by atoms with van der Waals surface area (Å²) in [4.78, 5) is 11.9. The van der Waals surface area contributed by atoms with Crippen molar-refractivity contribution < 1.29 is 19.4 Å². The lowest BCUT2D eigenvalue weighted by Crippen LogP contribution is -2.46. The highest BCUT2D eigenvalue weighted by Gasteiger charge is 2.33. The molecule has 1 aliphatic rings. The van der Waals surface area contributed by atoms with E-state index in [-0.39, 0.29) is 19.1 Å². The number of carbonyl (C=O) groups excluding carboxylic acids is 1. The Morgan fingerprint density at radius 2 is 2.45 bits per heavy atom. The van der Waals surface area contributed by atoms with Crippen LogP contribution in [0.1, 0.15) is 13.3 Å². The number of aliphatic hydroxyl groups is 1. The van der Waals surface area contributed by atoms with Gasteiger partial charge in [-0.2, -0.15) is 0 Å². The van der Waals surface area contributed by atoms with E-state index in [0.29, 0.717) is 23.8 Å². The maximum Gasteiger partial charge on any atom is 0.260 e. The van der Waals surface area contributed by atoms with E-state index < -0.39 is 11.7 Å². The molecule has 2 unspecified atom stereocenters. The molecule has 20 heavy (non-hydrogen) atoms. The van der Waals surface area contributed by atoms with Crippen LogP contribution < -0.4 is 10.1 Å². The van der Waals surface area contributed by atoms with E-state index in [0.717, 1.165) is 0 Å². The Hall–Kier alpha value is -1.30. The molecule has 1 aromatic rings. The van der Waals surface area contributed by atoms with E-state index in [9.17, 15) is 9.90 Å². The fourth-order valence-electron chi connectivity index (χ4n) is 1.93. The largest absolute Gasteiger partial charge is 0.481 e. The van der Waals surface area contributed by atoms with E-state index in [1.54, 1.807) is 31.2 Å². The summed E-state index contributed by atoms with van der Waals surface area (Å²) in [5, 5.41) is 13.3. The first kappa shape index (κ1) is 15.1. The van der Waals surface area contributed by atoms with Crippen molar-refractivity contribution in [2.75, 3.05) is 19.8 Å². The molecule has 0 spiro atoms. The van der Waals surface area contributed by atoms with E-state index in [1.165, 1.54) is 0 Å². The Labute approximate surface area is 122 Å². The molecular formula is C14H18ClNO4. The molecule has 1 aromatic carbocycles. The molecule has 2 N–H and O–H groups in total. The second-order valence-corrected chi connectivity index (χ2v) is 5.40. The molecule has 2 rings (SSSR count). The molecule has 0 radical (unpaired) electrons. The molecular weight excluding hydrogens is 282 g/mol. The van der Waals surface area contributed by atoms with Crippen molar-refractivity contribution in [1.29, 1.82) is 0 Å². The van der Waals surface area contributed by atoms with Gasteiger partial charge >= 0.3 is 0 Å². The second-order valence-electron chi connectivity index (χ2n) is 4.96. The number of ether oxygens (including phenoxy) is 2. The van der Waals surface area contributed by atoms with Crippen LogP contribution in [0.5, 0.6) is 5.75 Å². The highest BCUT2D eigenvalue weighted by Crippen LogP contribution is 2.19. The van der Waals surface area contributed by atoms with Crippen LogP contribution in [0.2, 0.25) is 5.02 Å². The number of amides is 1. The number of halogens is 1. The Morgan fingerprint density at radius 1 is 1.65 bits per heavy atom. The molecule has 1 amide bonds. The molecule has 5 nitrogen and oxygen atoms in total. The van der Waals surface area contributed by atoms with Gasteiger partial charge in [0.15, 0.2) is 6.10 Å². The van der Waals surface area contributed by atoms with E-state index in [4.69, 9.17) is 21.1 Å². The summed E-state index contributed by atoms with van der Waals surface area (Å²) in [6.45, 7) is 2.57. The van der Waals surface area contributed by atoms with Crippen molar-refractivity contribution in [3.05, 3.63) is 29.3 Å². The normalized spacial score (nSPS) is 23.4. The summed E-state index contributed by atoms with van der Waals surface area (Å²) < 4.78 is 10.6. The standard InChI is InChI=1S/C14H18ClNO4/c1-10(20-12-4-2-3-11(15)7-12)13(17)16-8-14(18)5-6-19-9-14/h2-4,7,10,18H,5-6,8-9H2,1H3,(H,16,17). The van der Waals surface area contributed by atoms with Gasteiger partial charge in [0.25, 0.3) is 5.91 Å². The highest BCUT2D eigenvalue weighted by molar-refractivity contribution is 6.30. The van der Waals surface area contributed by atoms with Crippen molar-refractivity contribution in [2.45, 2.75) is 25.0 Å². The topological polar surface area (TPSA) is 67.8 Å². The summed E-state index contributed by atoms with van der Waals surface area (Å²) in [5.74, 6) is 0.244. The lowest BCUT2D eigenvalue weighted by atomic mass is 10.0. The van der Waals surface area contributed by atoms with Gasteiger partial charge in [-0.1, -0.05) is 17.7 Å². The number of hydrogen-bond acceptors (Lipinski definition) is 4. The number of benzene rings is 1. The van der Waals surface area contributed by atoms with Crippen LogP contribution in [0.4, 0.5) is 0 Å². The molecule has 0 aromatic heterocycles. The number of rotatable bonds is 5. The van der Waals surface area contributed by atoms with Gasteiger partial charge in [-0.15, -0.1) is 0 Å². The predicted octanol–water partition coefficient (Wildman–Crippen LogP) is 1.37. The molecule has 1 heterocycles. The molecule has 6 heteroatoms. The lowest BCUT2D eigenvalue weighted by Gasteiger charge is -2.22. The van der Waals surface area contributed by atoms with Crippen LogP contribution in [0.3, 0.4) is 0 Å². The van der Waals surface area contributed by atoms with E-state index in [2.05, 4.69) is 5.32 Å². The smallest absolute Gasteiger partial charge is 0.260 e. The third kappa shape index (κ3) is 4.10. The van der Waals surface area contributed by atoms with Crippen molar-refractivity contribution in [3.63, 3.8) is 0 Å². The fraction of sp³-hybridized carbons (Fsp3) is 0.500. The molecule has 110 valence electrons.